The maximum absolute atomic E-state index is 5.59. The van der Waals surface area contributed by atoms with E-state index in [9.17, 15) is 0 Å². The molecule has 2 heteroatoms. The highest BCUT2D eigenvalue weighted by atomic mass is 16.5. The Kier molecular flexibility index (Phi) is 7.68. The SMILES string of the molecule is CCCCCCCC(NC)c1c(C)cc(C)cc1OC. The molecular weight excluding hydrogens is 246 g/mol. The number of ether oxygens (including phenoxy) is 1. The number of aryl methyl sites for hydroxylation is 2. The van der Waals surface area contributed by atoms with E-state index in [1.807, 2.05) is 0 Å². The summed E-state index contributed by atoms with van der Waals surface area (Å²) in [5.41, 5.74) is 3.92. The largest absolute Gasteiger partial charge is 0.496 e. The maximum Gasteiger partial charge on any atom is 0.124 e. The summed E-state index contributed by atoms with van der Waals surface area (Å²) in [7, 11) is 3.82. The van der Waals surface area contributed by atoms with Gasteiger partial charge in [-0.15, -0.1) is 0 Å². The summed E-state index contributed by atoms with van der Waals surface area (Å²) in [5, 5.41) is 3.46. The molecular formula is C18H31NO. The lowest BCUT2D eigenvalue weighted by Crippen LogP contribution is -2.18. The lowest BCUT2D eigenvalue weighted by Gasteiger charge is -2.22. The zero-order chi connectivity index (χ0) is 15.0. The summed E-state index contributed by atoms with van der Waals surface area (Å²) >= 11 is 0. The minimum absolute atomic E-state index is 0.396. The van der Waals surface area contributed by atoms with Gasteiger partial charge in [-0.25, -0.2) is 0 Å². The Labute approximate surface area is 124 Å². The number of methoxy groups -OCH3 is 1. The van der Waals surface area contributed by atoms with Gasteiger partial charge in [-0.3, -0.25) is 0 Å². The normalized spacial score (nSPS) is 12.4. The van der Waals surface area contributed by atoms with Gasteiger partial charge in [0.25, 0.3) is 0 Å². The van der Waals surface area contributed by atoms with Gasteiger partial charge in [0.2, 0.25) is 0 Å². The highest BCUT2D eigenvalue weighted by molar-refractivity contribution is 5.45. The lowest BCUT2D eigenvalue weighted by atomic mass is 9.94. The van der Waals surface area contributed by atoms with Crippen LogP contribution in [0.25, 0.3) is 0 Å². The van der Waals surface area contributed by atoms with E-state index >= 15 is 0 Å². The zero-order valence-corrected chi connectivity index (χ0v) is 13.9. The fourth-order valence-electron chi connectivity index (χ4n) is 2.94. The van der Waals surface area contributed by atoms with Crippen LogP contribution in [0.5, 0.6) is 5.75 Å². The van der Waals surface area contributed by atoms with Crippen LogP contribution in [0.1, 0.15) is 68.2 Å². The number of hydrogen-bond acceptors (Lipinski definition) is 2. The van der Waals surface area contributed by atoms with Crippen molar-refractivity contribution in [3.63, 3.8) is 0 Å². The number of hydrogen-bond donors (Lipinski definition) is 1. The van der Waals surface area contributed by atoms with Crippen LogP contribution < -0.4 is 10.1 Å². The molecule has 0 fully saturated rings. The van der Waals surface area contributed by atoms with E-state index < -0.39 is 0 Å². The van der Waals surface area contributed by atoms with Gasteiger partial charge in [-0.2, -0.15) is 0 Å². The Balaban J connectivity index is 2.74. The molecule has 0 radical (unpaired) electrons. The molecule has 0 aliphatic rings. The Hall–Kier alpha value is -1.02. The average Bonchev–Trinajstić information content (AvgIpc) is 2.43. The molecule has 0 heterocycles. The van der Waals surface area contributed by atoms with E-state index in [2.05, 4.69) is 45.3 Å². The first-order chi connectivity index (χ1) is 9.63. The van der Waals surface area contributed by atoms with Crippen molar-refractivity contribution in [3.8, 4) is 5.75 Å². The smallest absolute Gasteiger partial charge is 0.124 e. The molecule has 114 valence electrons. The van der Waals surface area contributed by atoms with Crippen LogP contribution in [0.4, 0.5) is 0 Å². The molecule has 0 saturated heterocycles. The van der Waals surface area contributed by atoms with E-state index in [0.29, 0.717) is 6.04 Å². The average molecular weight is 277 g/mol. The van der Waals surface area contributed by atoms with Crippen molar-refractivity contribution >= 4 is 0 Å². The van der Waals surface area contributed by atoms with Gasteiger partial charge in [0.05, 0.1) is 7.11 Å². The monoisotopic (exact) mass is 277 g/mol. The highest BCUT2D eigenvalue weighted by Gasteiger charge is 2.17. The summed E-state index contributed by atoms with van der Waals surface area (Å²) in [6.07, 6.45) is 7.82. The third kappa shape index (κ3) is 4.82. The predicted molar refractivity (Wildman–Crippen MR) is 87.6 cm³/mol. The Bertz CT molecular complexity index is 401. The molecule has 1 aromatic rings. The summed E-state index contributed by atoms with van der Waals surface area (Å²) < 4.78 is 5.59. The Morgan fingerprint density at radius 2 is 1.80 bits per heavy atom. The second-order valence-corrected chi connectivity index (χ2v) is 5.74. The van der Waals surface area contributed by atoms with Crippen LogP contribution in [0.3, 0.4) is 0 Å². The molecule has 0 aliphatic heterocycles. The molecule has 2 nitrogen and oxygen atoms in total. The fourth-order valence-corrected chi connectivity index (χ4v) is 2.94. The van der Waals surface area contributed by atoms with Gasteiger partial charge in [0.1, 0.15) is 5.75 Å². The third-order valence-electron chi connectivity index (χ3n) is 4.01. The van der Waals surface area contributed by atoms with Gasteiger partial charge in [-0.05, 0) is 44.5 Å². The molecule has 0 spiro atoms. The Morgan fingerprint density at radius 3 is 2.40 bits per heavy atom. The minimum Gasteiger partial charge on any atom is -0.496 e. The first-order valence-corrected chi connectivity index (χ1v) is 7.96. The molecule has 0 bridgehead atoms. The predicted octanol–water partition coefficient (Wildman–Crippen LogP) is 4.93. The molecule has 1 N–H and O–H groups in total. The molecule has 20 heavy (non-hydrogen) atoms. The molecule has 1 atom stereocenters. The van der Waals surface area contributed by atoms with Crippen LogP contribution >= 0.6 is 0 Å². The van der Waals surface area contributed by atoms with Crippen molar-refractivity contribution in [2.75, 3.05) is 14.2 Å². The summed E-state index contributed by atoms with van der Waals surface area (Å²) in [6, 6.07) is 4.79. The maximum atomic E-state index is 5.59. The zero-order valence-electron chi connectivity index (χ0n) is 13.9. The van der Waals surface area contributed by atoms with E-state index in [1.54, 1.807) is 7.11 Å². The highest BCUT2D eigenvalue weighted by Crippen LogP contribution is 2.32. The molecule has 1 rings (SSSR count). The van der Waals surface area contributed by atoms with Crippen molar-refractivity contribution in [1.82, 2.24) is 5.32 Å². The van der Waals surface area contributed by atoms with Gasteiger partial charge in [0, 0.05) is 11.6 Å². The van der Waals surface area contributed by atoms with E-state index in [1.165, 1.54) is 55.2 Å². The summed E-state index contributed by atoms with van der Waals surface area (Å²) in [6.45, 7) is 6.57. The second kappa shape index (κ2) is 9.02. The molecule has 0 amide bonds. The van der Waals surface area contributed by atoms with Crippen molar-refractivity contribution in [2.45, 2.75) is 65.3 Å². The van der Waals surface area contributed by atoms with Crippen LogP contribution in [0.15, 0.2) is 12.1 Å². The quantitative estimate of drug-likeness (QED) is 0.646. The first kappa shape index (κ1) is 17.0. The van der Waals surface area contributed by atoms with E-state index in [4.69, 9.17) is 4.74 Å². The van der Waals surface area contributed by atoms with Crippen LogP contribution in [-0.4, -0.2) is 14.2 Å². The molecule has 1 unspecified atom stereocenters. The number of nitrogens with one attached hydrogen (secondary N) is 1. The number of benzene rings is 1. The topological polar surface area (TPSA) is 21.3 Å². The van der Waals surface area contributed by atoms with Crippen molar-refractivity contribution < 1.29 is 4.74 Å². The molecule has 0 saturated carbocycles. The van der Waals surface area contributed by atoms with E-state index in [-0.39, 0.29) is 0 Å². The second-order valence-electron chi connectivity index (χ2n) is 5.74. The van der Waals surface area contributed by atoms with Gasteiger partial charge in [-0.1, -0.05) is 45.1 Å². The lowest BCUT2D eigenvalue weighted by molar-refractivity contribution is 0.395. The number of unbranched alkanes of at least 4 members (excludes halogenated alkanes) is 4. The summed E-state index contributed by atoms with van der Waals surface area (Å²) in [5.74, 6) is 1.02. The Morgan fingerprint density at radius 1 is 1.10 bits per heavy atom. The standard InChI is InChI=1S/C18H31NO/c1-6-7-8-9-10-11-16(19-4)18-15(3)12-14(2)13-17(18)20-5/h12-13,16,19H,6-11H2,1-5H3. The number of rotatable bonds is 9. The van der Waals surface area contributed by atoms with Crippen molar-refractivity contribution in [1.29, 1.82) is 0 Å². The van der Waals surface area contributed by atoms with Crippen molar-refractivity contribution in [3.05, 3.63) is 28.8 Å². The van der Waals surface area contributed by atoms with Gasteiger partial charge >= 0.3 is 0 Å². The third-order valence-corrected chi connectivity index (χ3v) is 4.01. The summed E-state index contributed by atoms with van der Waals surface area (Å²) in [4.78, 5) is 0. The van der Waals surface area contributed by atoms with Gasteiger partial charge in [0.15, 0.2) is 0 Å². The van der Waals surface area contributed by atoms with Gasteiger partial charge < -0.3 is 10.1 Å². The van der Waals surface area contributed by atoms with E-state index in [0.717, 1.165) is 5.75 Å². The van der Waals surface area contributed by atoms with Crippen LogP contribution in [0.2, 0.25) is 0 Å². The van der Waals surface area contributed by atoms with Crippen molar-refractivity contribution in [2.24, 2.45) is 0 Å². The molecule has 1 aromatic carbocycles. The molecule has 0 aliphatic carbocycles. The van der Waals surface area contributed by atoms with Crippen LogP contribution in [0, 0.1) is 13.8 Å². The van der Waals surface area contributed by atoms with Crippen LogP contribution in [-0.2, 0) is 0 Å². The molecule has 0 aromatic heterocycles. The first-order valence-electron chi connectivity index (χ1n) is 7.96. The minimum atomic E-state index is 0.396. The fraction of sp³-hybridized carbons (Fsp3) is 0.667.